The number of anilines is 1. The molecule has 3 heteroatoms. The molecule has 2 rings (SSSR count). The standard InChI is InChI=1S/C15H15ClFN/c1-10-3-4-12(14(16)7-10)9-18-15-6-5-13(17)8-11(15)2/h3-8,18H,9H2,1-2H3. The Kier molecular flexibility index (Phi) is 3.87. The van der Waals surface area contributed by atoms with E-state index in [0.29, 0.717) is 6.54 Å². The van der Waals surface area contributed by atoms with Crippen molar-refractivity contribution < 1.29 is 4.39 Å². The molecule has 0 aliphatic carbocycles. The first-order valence-corrected chi connectivity index (χ1v) is 6.19. The van der Waals surface area contributed by atoms with E-state index in [1.807, 2.05) is 32.0 Å². The number of halogens is 2. The molecule has 0 amide bonds. The summed E-state index contributed by atoms with van der Waals surface area (Å²) in [5, 5.41) is 4.02. The van der Waals surface area contributed by atoms with Crippen LogP contribution in [0.2, 0.25) is 5.02 Å². The van der Waals surface area contributed by atoms with E-state index in [1.54, 1.807) is 6.07 Å². The summed E-state index contributed by atoms with van der Waals surface area (Å²) in [6, 6.07) is 10.7. The van der Waals surface area contributed by atoms with Crippen LogP contribution in [-0.4, -0.2) is 0 Å². The van der Waals surface area contributed by atoms with Gasteiger partial charge in [-0.05, 0) is 54.8 Å². The van der Waals surface area contributed by atoms with Crippen LogP contribution in [0.15, 0.2) is 36.4 Å². The fourth-order valence-electron chi connectivity index (χ4n) is 1.81. The number of nitrogens with one attached hydrogen (secondary N) is 1. The summed E-state index contributed by atoms with van der Waals surface area (Å²) in [6.07, 6.45) is 0. The molecule has 0 aliphatic heterocycles. The van der Waals surface area contributed by atoms with Crippen LogP contribution in [0, 0.1) is 19.7 Å². The van der Waals surface area contributed by atoms with Gasteiger partial charge in [0.1, 0.15) is 5.82 Å². The van der Waals surface area contributed by atoms with Crippen LogP contribution >= 0.6 is 11.6 Å². The Morgan fingerprint density at radius 3 is 2.56 bits per heavy atom. The predicted octanol–water partition coefficient (Wildman–Crippen LogP) is 4.71. The second-order valence-electron chi connectivity index (χ2n) is 4.41. The molecule has 94 valence electrons. The van der Waals surface area contributed by atoms with E-state index < -0.39 is 0 Å². The zero-order valence-electron chi connectivity index (χ0n) is 10.4. The lowest BCUT2D eigenvalue weighted by atomic mass is 10.1. The molecule has 0 aliphatic rings. The van der Waals surface area contributed by atoms with Crippen LogP contribution in [0.25, 0.3) is 0 Å². The molecule has 0 aromatic heterocycles. The first kappa shape index (κ1) is 12.9. The summed E-state index contributed by atoms with van der Waals surface area (Å²) in [5.74, 6) is -0.216. The molecular weight excluding hydrogens is 249 g/mol. The maximum Gasteiger partial charge on any atom is 0.123 e. The summed E-state index contributed by atoms with van der Waals surface area (Å²) < 4.78 is 13.0. The fourth-order valence-corrected chi connectivity index (χ4v) is 2.11. The zero-order valence-corrected chi connectivity index (χ0v) is 11.2. The third kappa shape index (κ3) is 3.02. The topological polar surface area (TPSA) is 12.0 Å². The van der Waals surface area contributed by atoms with Crippen molar-refractivity contribution in [3.8, 4) is 0 Å². The highest BCUT2D eigenvalue weighted by Gasteiger charge is 2.03. The second-order valence-corrected chi connectivity index (χ2v) is 4.81. The highest BCUT2D eigenvalue weighted by Crippen LogP contribution is 2.21. The van der Waals surface area contributed by atoms with Gasteiger partial charge >= 0.3 is 0 Å². The highest BCUT2D eigenvalue weighted by atomic mass is 35.5. The fraction of sp³-hybridized carbons (Fsp3) is 0.200. The number of rotatable bonds is 3. The number of hydrogen-bond donors (Lipinski definition) is 1. The minimum Gasteiger partial charge on any atom is -0.381 e. The van der Waals surface area contributed by atoms with Gasteiger partial charge in [0.25, 0.3) is 0 Å². The van der Waals surface area contributed by atoms with Crippen molar-refractivity contribution in [3.63, 3.8) is 0 Å². The average molecular weight is 264 g/mol. The lowest BCUT2D eigenvalue weighted by molar-refractivity contribution is 0.627. The number of hydrogen-bond acceptors (Lipinski definition) is 1. The van der Waals surface area contributed by atoms with Crippen LogP contribution < -0.4 is 5.32 Å². The molecule has 2 aromatic rings. The third-order valence-corrected chi connectivity index (χ3v) is 3.22. The summed E-state index contributed by atoms with van der Waals surface area (Å²) >= 11 is 6.16. The third-order valence-electron chi connectivity index (χ3n) is 2.87. The van der Waals surface area contributed by atoms with Gasteiger partial charge in [-0.1, -0.05) is 23.7 Å². The van der Waals surface area contributed by atoms with Crippen LogP contribution in [0.3, 0.4) is 0 Å². The summed E-state index contributed by atoms with van der Waals surface area (Å²) in [7, 11) is 0. The molecule has 0 heterocycles. The van der Waals surface area contributed by atoms with Gasteiger partial charge < -0.3 is 5.32 Å². The van der Waals surface area contributed by atoms with Gasteiger partial charge in [-0.25, -0.2) is 4.39 Å². The van der Waals surface area contributed by atoms with E-state index in [0.717, 1.165) is 27.4 Å². The van der Waals surface area contributed by atoms with Crippen LogP contribution in [0.4, 0.5) is 10.1 Å². The van der Waals surface area contributed by atoms with Gasteiger partial charge in [0.2, 0.25) is 0 Å². The van der Waals surface area contributed by atoms with Gasteiger partial charge in [0.15, 0.2) is 0 Å². The second kappa shape index (κ2) is 5.40. The van der Waals surface area contributed by atoms with E-state index >= 15 is 0 Å². The van der Waals surface area contributed by atoms with Crippen molar-refractivity contribution in [2.45, 2.75) is 20.4 Å². The Morgan fingerprint density at radius 1 is 1.11 bits per heavy atom. The van der Waals surface area contributed by atoms with Crippen molar-refractivity contribution in [1.82, 2.24) is 0 Å². The molecule has 0 spiro atoms. The van der Waals surface area contributed by atoms with E-state index in [2.05, 4.69) is 5.32 Å². The Morgan fingerprint density at radius 2 is 1.89 bits per heavy atom. The monoisotopic (exact) mass is 263 g/mol. The van der Waals surface area contributed by atoms with Crippen molar-refractivity contribution in [3.05, 3.63) is 63.9 Å². The minimum absolute atomic E-state index is 0.216. The molecule has 1 N–H and O–H groups in total. The average Bonchev–Trinajstić information content (AvgIpc) is 2.30. The van der Waals surface area contributed by atoms with E-state index in [9.17, 15) is 4.39 Å². The van der Waals surface area contributed by atoms with Crippen molar-refractivity contribution >= 4 is 17.3 Å². The smallest absolute Gasteiger partial charge is 0.123 e. The molecular formula is C15H15ClFN. The molecule has 0 saturated heterocycles. The molecule has 0 atom stereocenters. The Labute approximate surface area is 112 Å². The molecule has 1 nitrogen and oxygen atoms in total. The lowest BCUT2D eigenvalue weighted by Gasteiger charge is -2.11. The van der Waals surface area contributed by atoms with Gasteiger partial charge in [-0.2, -0.15) is 0 Å². The van der Waals surface area contributed by atoms with E-state index in [1.165, 1.54) is 12.1 Å². The molecule has 18 heavy (non-hydrogen) atoms. The molecule has 0 radical (unpaired) electrons. The Bertz CT molecular complexity index is 515. The minimum atomic E-state index is -0.216. The quantitative estimate of drug-likeness (QED) is 0.846. The maximum absolute atomic E-state index is 13.0. The van der Waals surface area contributed by atoms with Crippen molar-refractivity contribution in [2.75, 3.05) is 5.32 Å². The highest BCUT2D eigenvalue weighted by molar-refractivity contribution is 6.31. The molecule has 0 bridgehead atoms. The van der Waals surface area contributed by atoms with Gasteiger partial charge in [-0.15, -0.1) is 0 Å². The zero-order chi connectivity index (χ0) is 13.1. The Balaban J connectivity index is 2.11. The number of benzene rings is 2. The van der Waals surface area contributed by atoms with Gasteiger partial charge in [-0.3, -0.25) is 0 Å². The number of aryl methyl sites for hydroxylation is 2. The molecule has 0 fully saturated rings. The van der Waals surface area contributed by atoms with Gasteiger partial charge in [0.05, 0.1) is 0 Å². The first-order chi connectivity index (χ1) is 8.56. The molecule has 0 unspecified atom stereocenters. The van der Waals surface area contributed by atoms with E-state index in [-0.39, 0.29) is 5.82 Å². The normalized spacial score (nSPS) is 10.4. The summed E-state index contributed by atoms with van der Waals surface area (Å²) in [4.78, 5) is 0. The Hall–Kier alpha value is -1.54. The largest absolute Gasteiger partial charge is 0.381 e. The SMILES string of the molecule is Cc1ccc(CNc2ccc(F)cc2C)c(Cl)c1. The van der Waals surface area contributed by atoms with Crippen LogP contribution in [0.5, 0.6) is 0 Å². The maximum atomic E-state index is 13.0. The lowest BCUT2D eigenvalue weighted by Crippen LogP contribution is -2.02. The van der Waals surface area contributed by atoms with Gasteiger partial charge in [0, 0.05) is 17.3 Å². The van der Waals surface area contributed by atoms with Crippen LogP contribution in [-0.2, 0) is 6.54 Å². The van der Waals surface area contributed by atoms with E-state index in [4.69, 9.17) is 11.6 Å². The first-order valence-electron chi connectivity index (χ1n) is 5.81. The predicted molar refractivity (Wildman–Crippen MR) is 74.7 cm³/mol. The summed E-state index contributed by atoms with van der Waals surface area (Å²) in [6.45, 7) is 4.51. The van der Waals surface area contributed by atoms with Crippen molar-refractivity contribution in [1.29, 1.82) is 0 Å². The summed E-state index contributed by atoms with van der Waals surface area (Å²) in [5.41, 5.74) is 3.99. The van der Waals surface area contributed by atoms with Crippen LogP contribution in [0.1, 0.15) is 16.7 Å². The molecule has 2 aromatic carbocycles. The van der Waals surface area contributed by atoms with Crippen molar-refractivity contribution in [2.24, 2.45) is 0 Å². The molecule has 0 saturated carbocycles.